The van der Waals surface area contributed by atoms with Crippen molar-refractivity contribution in [3.63, 3.8) is 0 Å². The van der Waals surface area contributed by atoms with E-state index in [-0.39, 0.29) is 29.4 Å². The normalized spacial score (nSPS) is 19.4. The van der Waals surface area contributed by atoms with E-state index < -0.39 is 0 Å². The molecule has 0 unspecified atom stereocenters. The molecule has 0 bridgehead atoms. The zero-order valence-electron chi connectivity index (χ0n) is 20.3. The zero-order valence-corrected chi connectivity index (χ0v) is 20.3. The Balaban J connectivity index is 1.26. The number of nitrogens with one attached hydrogen (secondary N) is 1. The summed E-state index contributed by atoms with van der Waals surface area (Å²) in [6.07, 6.45) is 7.81. The first-order valence-electron chi connectivity index (χ1n) is 12.5. The van der Waals surface area contributed by atoms with Gasteiger partial charge in [0.1, 0.15) is 17.2 Å². The first-order chi connectivity index (χ1) is 16.9. The number of aromatic nitrogens is 2. The average Bonchev–Trinajstić information content (AvgIpc) is 3.52. The van der Waals surface area contributed by atoms with Crippen LogP contribution >= 0.6 is 0 Å². The van der Waals surface area contributed by atoms with Crippen molar-refractivity contribution in [1.29, 1.82) is 0 Å². The van der Waals surface area contributed by atoms with Crippen molar-refractivity contribution in [3.8, 4) is 0 Å². The Labute approximate surface area is 204 Å². The van der Waals surface area contributed by atoms with E-state index in [0.29, 0.717) is 30.3 Å². The molecule has 1 aromatic carbocycles. The fourth-order valence-electron chi connectivity index (χ4n) is 5.41. The van der Waals surface area contributed by atoms with Crippen LogP contribution in [0.2, 0.25) is 0 Å². The molecule has 2 aliphatic rings. The molecule has 2 aromatic heterocycles. The summed E-state index contributed by atoms with van der Waals surface area (Å²) in [7, 11) is 0. The molecule has 1 saturated carbocycles. The van der Waals surface area contributed by atoms with Crippen molar-refractivity contribution in [2.24, 2.45) is 5.92 Å². The van der Waals surface area contributed by atoms with Crippen molar-refractivity contribution >= 4 is 23.1 Å². The highest BCUT2D eigenvalue weighted by Crippen LogP contribution is 2.29. The van der Waals surface area contributed by atoms with E-state index in [1.165, 1.54) is 12.1 Å². The SMILES string of the molecule is Cc1c(CN2CCN(C(=O)C3CCCC3)[C@@H](C)C2)cc(F)cc1NC(=O)c1cn2ccccc2n1. The lowest BCUT2D eigenvalue weighted by molar-refractivity contribution is -0.140. The number of anilines is 1. The molecular formula is C27H32FN5O2. The molecule has 0 radical (unpaired) electrons. The summed E-state index contributed by atoms with van der Waals surface area (Å²) in [4.78, 5) is 34.4. The summed E-state index contributed by atoms with van der Waals surface area (Å²) >= 11 is 0. The molecule has 184 valence electrons. The molecule has 1 saturated heterocycles. The number of pyridine rings is 1. The third kappa shape index (κ3) is 4.93. The van der Waals surface area contributed by atoms with Crippen LogP contribution in [0.3, 0.4) is 0 Å². The van der Waals surface area contributed by atoms with Gasteiger partial charge in [-0.15, -0.1) is 0 Å². The van der Waals surface area contributed by atoms with Gasteiger partial charge in [-0.3, -0.25) is 14.5 Å². The lowest BCUT2D eigenvalue weighted by atomic mass is 10.0. The number of hydrogen-bond acceptors (Lipinski definition) is 4. The molecule has 2 amide bonds. The van der Waals surface area contributed by atoms with Crippen LogP contribution in [0, 0.1) is 18.7 Å². The topological polar surface area (TPSA) is 70.0 Å². The van der Waals surface area contributed by atoms with E-state index in [1.807, 2.05) is 36.2 Å². The van der Waals surface area contributed by atoms with Gasteiger partial charge in [-0.05, 0) is 62.1 Å². The summed E-state index contributed by atoms with van der Waals surface area (Å²) in [5, 5.41) is 2.84. The molecule has 8 heteroatoms. The highest BCUT2D eigenvalue weighted by atomic mass is 19.1. The second-order valence-corrected chi connectivity index (χ2v) is 9.88. The van der Waals surface area contributed by atoms with Gasteiger partial charge < -0.3 is 14.6 Å². The maximum atomic E-state index is 14.6. The third-order valence-corrected chi connectivity index (χ3v) is 7.42. The quantitative estimate of drug-likeness (QED) is 0.596. The van der Waals surface area contributed by atoms with Crippen molar-refractivity contribution in [2.45, 2.75) is 52.1 Å². The van der Waals surface area contributed by atoms with Crippen LogP contribution in [0.1, 0.15) is 54.2 Å². The maximum Gasteiger partial charge on any atom is 0.275 e. The Kier molecular flexibility index (Phi) is 6.56. The van der Waals surface area contributed by atoms with Gasteiger partial charge in [-0.25, -0.2) is 9.37 Å². The van der Waals surface area contributed by atoms with E-state index in [1.54, 1.807) is 10.6 Å². The number of imidazole rings is 1. The van der Waals surface area contributed by atoms with Gasteiger partial charge in [0.15, 0.2) is 0 Å². The minimum absolute atomic E-state index is 0.125. The van der Waals surface area contributed by atoms with Gasteiger partial charge in [-0.1, -0.05) is 18.9 Å². The van der Waals surface area contributed by atoms with E-state index in [4.69, 9.17) is 0 Å². The number of hydrogen-bond donors (Lipinski definition) is 1. The molecule has 1 aliphatic heterocycles. The predicted molar refractivity (Wildman–Crippen MR) is 133 cm³/mol. The van der Waals surface area contributed by atoms with Crippen molar-refractivity contribution < 1.29 is 14.0 Å². The van der Waals surface area contributed by atoms with Crippen LogP contribution in [0.5, 0.6) is 0 Å². The molecule has 35 heavy (non-hydrogen) atoms. The molecule has 1 aliphatic carbocycles. The van der Waals surface area contributed by atoms with Crippen LogP contribution in [0.15, 0.2) is 42.7 Å². The first kappa shape index (κ1) is 23.5. The number of rotatable bonds is 5. The van der Waals surface area contributed by atoms with E-state index in [2.05, 4.69) is 22.1 Å². The van der Waals surface area contributed by atoms with Crippen molar-refractivity contribution in [2.75, 3.05) is 25.0 Å². The van der Waals surface area contributed by atoms with Crippen molar-refractivity contribution in [1.82, 2.24) is 19.2 Å². The molecule has 3 heterocycles. The Bertz CT molecular complexity index is 1220. The van der Waals surface area contributed by atoms with E-state index in [0.717, 1.165) is 49.9 Å². The smallest absolute Gasteiger partial charge is 0.275 e. The first-order valence-corrected chi connectivity index (χ1v) is 12.5. The standard InChI is InChI=1S/C27H32FN5O2/c1-18-15-31(11-12-33(18)27(35)20-7-3-4-8-20)16-21-13-22(28)14-23(19(21)2)30-26(34)24-17-32-10-6-5-9-25(32)29-24/h5-6,9-10,13-14,17-18,20H,3-4,7-8,11-12,15-16H2,1-2H3,(H,30,34)/t18-/m0/s1. The fourth-order valence-corrected chi connectivity index (χ4v) is 5.41. The van der Waals surface area contributed by atoms with Crippen LogP contribution < -0.4 is 5.32 Å². The van der Waals surface area contributed by atoms with Gasteiger partial charge >= 0.3 is 0 Å². The van der Waals surface area contributed by atoms with E-state index >= 15 is 0 Å². The number of nitrogens with zero attached hydrogens (tertiary/aromatic N) is 4. The summed E-state index contributed by atoms with van der Waals surface area (Å²) < 4.78 is 16.3. The van der Waals surface area contributed by atoms with Gasteiger partial charge in [0.25, 0.3) is 5.91 Å². The molecule has 1 atom stereocenters. The number of carbonyl (C=O) groups excluding carboxylic acids is 2. The van der Waals surface area contributed by atoms with Crippen LogP contribution in [0.25, 0.3) is 5.65 Å². The minimum Gasteiger partial charge on any atom is -0.337 e. The summed E-state index contributed by atoms with van der Waals surface area (Å²) in [6.45, 7) is 6.76. The monoisotopic (exact) mass is 477 g/mol. The third-order valence-electron chi connectivity index (χ3n) is 7.42. The van der Waals surface area contributed by atoms with Crippen LogP contribution in [-0.2, 0) is 11.3 Å². The average molecular weight is 478 g/mol. The Morgan fingerprint density at radius 2 is 1.97 bits per heavy atom. The molecule has 1 N–H and O–H groups in total. The highest BCUT2D eigenvalue weighted by Gasteiger charge is 2.33. The number of carbonyl (C=O) groups is 2. The summed E-state index contributed by atoms with van der Waals surface area (Å²) in [5.41, 5.74) is 3.07. The number of piperazine rings is 1. The largest absolute Gasteiger partial charge is 0.337 e. The Hall–Kier alpha value is -3.26. The lowest BCUT2D eigenvalue weighted by Crippen LogP contribution is -2.54. The molecule has 5 rings (SSSR count). The van der Waals surface area contributed by atoms with Crippen LogP contribution in [-0.4, -0.2) is 56.7 Å². The minimum atomic E-state index is -0.390. The molecule has 2 fully saturated rings. The number of amides is 2. The number of halogens is 1. The Morgan fingerprint density at radius 3 is 2.71 bits per heavy atom. The van der Waals surface area contributed by atoms with Gasteiger partial charge in [0.2, 0.25) is 5.91 Å². The van der Waals surface area contributed by atoms with Gasteiger partial charge in [-0.2, -0.15) is 0 Å². The zero-order chi connectivity index (χ0) is 24.5. The molecular weight excluding hydrogens is 445 g/mol. The number of benzene rings is 1. The van der Waals surface area contributed by atoms with Gasteiger partial charge in [0.05, 0.1) is 0 Å². The van der Waals surface area contributed by atoms with E-state index in [9.17, 15) is 14.0 Å². The van der Waals surface area contributed by atoms with Gasteiger partial charge in [0, 0.05) is 56.2 Å². The second-order valence-electron chi connectivity index (χ2n) is 9.88. The predicted octanol–water partition coefficient (Wildman–Crippen LogP) is 4.26. The fraction of sp³-hybridized carbons (Fsp3) is 0.444. The number of fused-ring (bicyclic) bond motifs is 1. The highest BCUT2D eigenvalue weighted by molar-refractivity contribution is 6.03. The lowest BCUT2D eigenvalue weighted by Gasteiger charge is -2.41. The summed E-state index contributed by atoms with van der Waals surface area (Å²) in [5.74, 6) is -0.276. The maximum absolute atomic E-state index is 14.6. The molecule has 0 spiro atoms. The Morgan fingerprint density at radius 1 is 1.17 bits per heavy atom. The molecule has 7 nitrogen and oxygen atoms in total. The van der Waals surface area contributed by atoms with Crippen LogP contribution in [0.4, 0.5) is 10.1 Å². The molecule has 3 aromatic rings. The van der Waals surface area contributed by atoms with Crippen molar-refractivity contribution in [3.05, 3.63) is 65.4 Å². The summed E-state index contributed by atoms with van der Waals surface area (Å²) in [6, 6.07) is 8.57. The second kappa shape index (κ2) is 9.77.